The number of hydrogen-bond acceptors (Lipinski definition) is 10. The molecule has 6 heterocycles. The van der Waals surface area contributed by atoms with Crippen LogP contribution in [0.5, 0.6) is 0 Å². The molecule has 2 aliphatic heterocycles. The first kappa shape index (κ1) is 42.8. The Morgan fingerprint density at radius 2 is 1.13 bits per heavy atom. The minimum Gasteiger partial charge on any atom is -0.345 e. The van der Waals surface area contributed by atoms with Gasteiger partial charge in [0.1, 0.15) is 29.1 Å². The summed E-state index contributed by atoms with van der Waals surface area (Å²) in [5, 5.41) is 5.45. The Hall–Kier alpha value is -6.86. The number of rotatable bonds is 12. The maximum absolute atomic E-state index is 13.9. The van der Waals surface area contributed by atoms with Gasteiger partial charge in [0, 0.05) is 25.5 Å². The van der Waals surface area contributed by atoms with Crippen LogP contribution in [0.3, 0.4) is 0 Å². The summed E-state index contributed by atoms with van der Waals surface area (Å²) in [4.78, 5) is 61.1. The van der Waals surface area contributed by atoms with Crippen LogP contribution in [-0.4, -0.2) is 87.2 Å². The van der Waals surface area contributed by atoms with Gasteiger partial charge in [-0.2, -0.15) is 26.3 Å². The second-order valence-electron chi connectivity index (χ2n) is 15.7. The molecule has 2 fully saturated rings. The smallest absolute Gasteiger partial charge is 0.345 e. The maximum Gasteiger partial charge on any atom is 0.433 e. The van der Waals surface area contributed by atoms with E-state index in [0.717, 1.165) is 71.0 Å². The molecule has 3 atom stereocenters. The summed E-state index contributed by atoms with van der Waals surface area (Å²) in [6.45, 7) is 4.28. The van der Waals surface area contributed by atoms with Gasteiger partial charge in [0.2, 0.25) is 23.7 Å². The van der Waals surface area contributed by atoms with Crippen LogP contribution in [0.25, 0.3) is 33.6 Å². The highest BCUT2D eigenvalue weighted by atomic mass is 19.4. The molecule has 4 aromatic heterocycles. The fourth-order valence-corrected chi connectivity index (χ4v) is 7.93. The van der Waals surface area contributed by atoms with Gasteiger partial charge in [-0.1, -0.05) is 62.4 Å². The van der Waals surface area contributed by atoms with Gasteiger partial charge in [-0.3, -0.25) is 9.59 Å². The Labute approximate surface area is 357 Å². The van der Waals surface area contributed by atoms with Gasteiger partial charge in [-0.05, 0) is 66.0 Å². The SMILES string of the molecule is CC(C)[C@H](Nc1nccc(C(F)(F)F)n1)C(=O)N1CCC[C@H]1c1ncc(-c2ccc(-c3ccc(-c4cnc([C@@H]5CCCN5C(=O)CNc5nccc(C(F)(F)F)n5)[nH]4)cc3)cc2)[nH]1. The van der Waals surface area contributed by atoms with Gasteiger partial charge < -0.3 is 30.4 Å². The summed E-state index contributed by atoms with van der Waals surface area (Å²) in [6, 6.07) is 15.9. The number of anilines is 2. The Balaban J connectivity index is 0.886. The number of carbonyl (C=O) groups excluding carboxylic acids is 2. The van der Waals surface area contributed by atoms with E-state index >= 15 is 0 Å². The van der Waals surface area contributed by atoms with Crippen LogP contribution >= 0.6 is 0 Å². The minimum absolute atomic E-state index is 0.270. The number of alkyl halides is 6. The first-order valence-electron chi connectivity index (χ1n) is 20.3. The molecule has 2 aromatic carbocycles. The normalized spacial score (nSPS) is 17.3. The third kappa shape index (κ3) is 9.48. The van der Waals surface area contributed by atoms with Crippen molar-refractivity contribution < 1.29 is 35.9 Å². The molecule has 6 aromatic rings. The summed E-state index contributed by atoms with van der Waals surface area (Å²) >= 11 is 0. The highest BCUT2D eigenvalue weighted by Crippen LogP contribution is 2.36. The zero-order chi connectivity index (χ0) is 44.5. The number of likely N-dealkylation sites (tertiary alicyclic amines) is 2. The minimum atomic E-state index is -4.65. The molecule has 0 unspecified atom stereocenters. The molecule has 2 saturated heterocycles. The standard InChI is InChI=1S/C43H42F6N12O2/c1-24(2)36(59-41-51-18-16-34(58-41)43(47,48)49)39(63)61-20-4-6-32(61)38-53-22-30(56-38)28-13-9-26(10-14-28)25-7-11-27(12-8-25)29-21-52-37(55-29)31-5-3-19-60(31)35(62)23-54-40-50-17-15-33(57-40)42(44,45)46/h7-18,21-22,24,31-32,36H,3-6,19-20,23H2,1-2H3,(H,52,55)(H,53,56)(H,50,54,57)(H,51,58,59)/t31-,32-,36-/m0/s1. The van der Waals surface area contributed by atoms with Crippen LogP contribution in [-0.2, 0) is 21.9 Å². The van der Waals surface area contributed by atoms with E-state index in [2.05, 4.69) is 50.5 Å². The number of imidazole rings is 2. The van der Waals surface area contributed by atoms with Gasteiger partial charge in [-0.25, -0.2) is 29.9 Å². The molecule has 0 saturated carbocycles. The number of H-pyrrole nitrogens is 2. The van der Waals surface area contributed by atoms with E-state index < -0.39 is 29.8 Å². The van der Waals surface area contributed by atoms with E-state index in [-0.39, 0.29) is 48.3 Å². The largest absolute Gasteiger partial charge is 0.433 e. The van der Waals surface area contributed by atoms with Crippen LogP contribution in [0.1, 0.15) is 74.7 Å². The first-order valence-corrected chi connectivity index (χ1v) is 20.3. The predicted molar refractivity (Wildman–Crippen MR) is 219 cm³/mol. The maximum atomic E-state index is 13.9. The molecule has 4 N–H and O–H groups in total. The Morgan fingerprint density at radius 3 is 1.63 bits per heavy atom. The summed E-state index contributed by atoms with van der Waals surface area (Å²) < 4.78 is 79.1. The summed E-state index contributed by atoms with van der Waals surface area (Å²) in [7, 11) is 0. The van der Waals surface area contributed by atoms with Crippen LogP contribution < -0.4 is 10.6 Å². The number of aromatic nitrogens is 8. The van der Waals surface area contributed by atoms with Crippen molar-refractivity contribution in [2.45, 2.75) is 70.0 Å². The van der Waals surface area contributed by atoms with E-state index in [1.54, 1.807) is 36.0 Å². The van der Waals surface area contributed by atoms with E-state index in [9.17, 15) is 35.9 Å². The number of nitrogens with one attached hydrogen (secondary N) is 4. The van der Waals surface area contributed by atoms with E-state index in [1.165, 1.54) is 0 Å². The lowest BCUT2D eigenvalue weighted by molar-refractivity contribution is -0.141. The number of halogens is 6. The van der Waals surface area contributed by atoms with E-state index in [1.807, 2.05) is 48.5 Å². The molecule has 2 aliphatic rings. The zero-order valence-electron chi connectivity index (χ0n) is 34.0. The van der Waals surface area contributed by atoms with Crippen molar-refractivity contribution in [3.8, 4) is 33.6 Å². The second-order valence-corrected chi connectivity index (χ2v) is 15.7. The molecule has 0 radical (unpaired) electrons. The molecule has 0 bridgehead atoms. The Morgan fingerprint density at radius 1 is 0.667 bits per heavy atom. The fraction of sp³-hybridized carbons (Fsp3) is 0.349. The topological polar surface area (TPSA) is 174 Å². The van der Waals surface area contributed by atoms with Crippen molar-refractivity contribution in [3.63, 3.8) is 0 Å². The second kappa shape index (κ2) is 17.5. The van der Waals surface area contributed by atoms with Crippen molar-refractivity contribution in [1.82, 2.24) is 49.7 Å². The summed E-state index contributed by atoms with van der Waals surface area (Å²) in [6.07, 6.45) is -1.02. The number of benzene rings is 2. The summed E-state index contributed by atoms with van der Waals surface area (Å²) in [5.74, 6) is -0.185. The van der Waals surface area contributed by atoms with Gasteiger partial charge in [0.25, 0.3) is 0 Å². The fourth-order valence-electron chi connectivity index (χ4n) is 7.93. The number of carbonyl (C=O) groups is 2. The predicted octanol–water partition coefficient (Wildman–Crippen LogP) is 8.33. The van der Waals surface area contributed by atoms with Crippen molar-refractivity contribution in [2.24, 2.45) is 5.92 Å². The molecule has 2 amide bonds. The van der Waals surface area contributed by atoms with Gasteiger partial charge in [0.15, 0.2) is 0 Å². The van der Waals surface area contributed by atoms with Crippen molar-refractivity contribution in [1.29, 1.82) is 0 Å². The van der Waals surface area contributed by atoms with Crippen LogP contribution in [0.15, 0.2) is 85.5 Å². The van der Waals surface area contributed by atoms with Crippen LogP contribution in [0.2, 0.25) is 0 Å². The Bertz CT molecular complexity index is 2560. The number of amides is 2. The van der Waals surface area contributed by atoms with Crippen molar-refractivity contribution in [3.05, 3.63) is 108 Å². The van der Waals surface area contributed by atoms with Crippen LogP contribution in [0.4, 0.5) is 38.2 Å². The van der Waals surface area contributed by atoms with Gasteiger partial charge in [0.05, 0.1) is 42.4 Å². The summed E-state index contributed by atoms with van der Waals surface area (Å²) in [5.41, 5.74) is 3.06. The number of nitrogens with zero attached hydrogens (tertiary/aromatic N) is 8. The zero-order valence-corrected chi connectivity index (χ0v) is 34.0. The molecular weight excluding hydrogens is 831 g/mol. The highest BCUT2D eigenvalue weighted by Gasteiger charge is 2.39. The molecule has 328 valence electrons. The van der Waals surface area contributed by atoms with Crippen molar-refractivity contribution >= 4 is 23.7 Å². The van der Waals surface area contributed by atoms with E-state index in [4.69, 9.17) is 0 Å². The van der Waals surface area contributed by atoms with Crippen LogP contribution in [0, 0.1) is 5.92 Å². The quantitative estimate of drug-likeness (QED) is 0.0876. The Kier molecular flexibility index (Phi) is 11.9. The lowest BCUT2D eigenvalue weighted by Gasteiger charge is -2.30. The first-order chi connectivity index (χ1) is 30.1. The van der Waals surface area contributed by atoms with Gasteiger partial charge in [-0.15, -0.1) is 0 Å². The molecule has 20 heteroatoms. The molecule has 63 heavy (non-hydrogen) atoms. The van der Waals surface area contributed by atoms with Gasteiger partial charge >= 0.3 is 12.4 Å². The number of hydrogen-bond donors (Lipinski definition) is 4. The average molecular weight is 873 g/mol. The lowest BCUT2D eigenvalue weighted by Crippen LogP contribution is -2.45. The van der Waals surface area contributed by atoms with Crippen molar-refractivity contribution in [2.75, 3.05) is 30.3 Å². The van der Waals surface area contributed by atoms with E-state index in [0.29, 0.717) is 37.6 Å². The highest BCUT2D eigenvalue weighted by molar-refractivity contribution is 5.85. The monoisotopic (exact) mass is 872 g/mol. The third-order valence-corrected chi connectivity index (χ3v) is 11.2. The molecule has 8 rings (SSSR count). The molecule has 14 nitrogen and oxygen atoms in total. The third-order valence-electron chi connectivity index (χ3n) is 11.2. The average Bonchev–Trinajstić information content (AvgIpc) is 4.12. The lowest BCUT2D eigenvalue weighted by atomic mass is 10.0. The molecule has 0 spiro atoms. The molecular formula is C43H42F6N12O2. The molecule has 0 aliphatic carbocycles. The number of aromatic amines is 2.